The zero-order valence-electron chi connectivity index (χ0n) is 14.9. The SMILES string of the molecule is COc1ccc(CC(=O)NCC(=O)Nc2cccc(Cl)c2C)cc1OC. The second kappa shape index (κ2) is 9.10. The number of rotatable bonds is 7. The molecule has 0 aromatic heterocycles. The second-order valence-corrected chi connectivity index (χ2v) is 6.01. The van der Waals surface area contributed by atoms with Crippen molar-refractivity contribution < 1.29 is 19.1 Å². The zero-order chi connectivity index (χ0) is 19.1. The van der Waals surface area contributed by atoms with Crippen molar-refractivity contribution >= 4 is 29.1 Å². The third kappa shape index (κ3) is 5.13. The lowest BCUT2D eigenvalue weighted by atomic mass is 10.1. The van der Waals surface area contributed by atoms with Gasteiger partial charge in [0, 0.05) is 10.7 Å². The van der Waals surface area contributed by atoms with Crippen LogP contribution < -0.4 is 20.1 Å². The number of nitrogens with one attached hydrogen (secondary N) is 2. The van der Waals surface area contributed by atoms with Crippen LogP contribution in [0.2, 0.25) is 5.02 Å². The first-order valence-electron chi connectivity index (χ1n) is 7.97. The van der Waals surface area contributed by atoms with Gasteiger partial charge in [-0.2, -0.15) is 0 Å². The van der Waals surface area contributed by atoms with Crippen LogP contribution in [0.15, 0.2) is 36.4 Å². The predicted molar refractivity (Wildman–Crippen MR) is 101 cm³/mol. The summed E-state index contributed by atoms with van der Waals surface area (Å²) in [7, 11) is 3.08. The summed E-state index contributed by atoms with van der Waals surface area (Å²) in [5, 5.41) is 5.89. The summed E-state index contributed by atoms with van der Waals surface area (Å²) in [6.07, 6.45) is 0.129. The summed E-state index contributed by atoms with van der Waals surface area (Å²) < 4.78 is 10.4. The van der Waals surface area contributed by atoms with Crippen molar-refractivity contribution in [1.82, 2.24) is 5.32 Å². The summed E-state index contributed by atoms with van der Waals surface area (Å²) in [4.78, 5) is 24.1. The van der Waals surface area contributed by atoms with Crippen molar-refractivity contribution in [1.29, 1.82) is 0 Å². The maximum absolute atomic E-state index is 12.1. The van der Waals surface area contributed by atoms with E-state index < -0.39 is 0 Å². The van der Waals surface area contributed by atoms with E-state index in [0.717, 1.165) is 11.1 Å². The number of amides is 2. The van der Waals surface area contributed by atoms with Gasteiger partial charge < -0.3 is 20.1 Å². The average Bonchev–Trinajstić information content (AvgIpc) is 2.63. The Morgan fingerprint density at radius 2 is 1.77 bits per heavy atom. The summed E-state index contributed by atoms with van der Waals surface area (Å²) in [6.45, 7) is 1.69. The van der Waals surface area contributed by atoms with E-state index >= 15 is 0 Å². The van der Waals surface area contributed by atoms with Crippen molar-refractivity contribution in [2.45, 2.75) is 13.3 Å². The molecule has 0 heterocycles. The molecule has 2 aromatic rings. The molecule has 0 aliphatic rings. The number of halogens is 1. The quantitative estimate of drug-likeness (QED) is 0.778. The van der Waals surface area contributed by atoms with Crippen LogP contribution in [0.4, 0.5) is 5.69 Å². The third-order valence-electron chi connectivity index (χ3n) is 3.80. The van der Waals surface area contributed by atoms with Crippen molar-refractivity contribution in [2.75, 3.05) is 26.1 Å². The van der Waals surface area contributed by atoms with Gasteiger partial charge in [0.25, 0.3) is 0 Å². The van der Waals surface area contributed by atoms with Gasteiger partial charge >= 0.3 is 0 Å². The van der Waals surface area contributed by atoms with E-state index in [-0.39, 0.29) is 24.8 Å². The minimum absolute atomic E-state index is 0.127. The van der Waals surface area contributed by atoms with Crippen LogP contribution in [0.1, 0.15) is 11.1 Å². The number of carbonyl (C=O) groups is 2. The van der Waals surface area contributed by atoms with E-state index in [9.17, 15) is 9.59 Å². The molecule has 0 fully saturated rings. The molecule has 26 heavy (non-hydrogen) atoms. The molecule has 0 unspecified atom stereocenters. The largest absolute Gasteiger partial charge is 0.493 e. The van der Waals surface area contributed by atoms with E-state index in [1.165, 1.54) is 7.11 Å². The standard InChI is InChI=1S/C19H21ClN2O4/c1-12-14(20)5-4-6-15(12)22-19(24)11-21-18(23)10-13-7-8-16(25-2)17(9-13)26-3/h4-9H,10-11H2,1-3H3,(H,21,23)(H,22,24). The number of hydrogen-bond donors (Lipinski definition) is 2. The van der Waals surface area contributed by atoms with Gasteiger partial charge in [-0.05, 0) is 42.3 Å². The fourth-order valence-electron chi connectivity index (χ4n) is 2.35. The van der Waals surface area contributed by atoms with E-state index in [0.29, 0.717) is 22.2 Å². The number of carbonyl (C=O) groups excluding carboxylic acids is 2. The van der Waals surface area contributed by atoms with Crippen LogP contribution in [0, 0.1) is 6.92 Å². The molecule has 0 atom stereocenters. The first-order chi connectivity index (χ1) is 12.4. The van der Waals surface area contributed by atoms with Gasteiger partial charge in [-0.1, -0.05) is 23.7 Å². The lowest BCUT2D eigenvalue weighted by Gasteiger charge is -2.11. The van der Waals surface area contributed by atoms with Crippen molar-refractivity contribution in [3.05, 3.63) is 52.5 Å². The van der Waals surface area contributed by atoms with Gasteiger partial charge in [-0.15, -0.1) is 0 Å². The highest BCUT2D eigenvalue weighted by Gasteiger charge is 2.11. The summed E-state index contributed by atoms with van der Waals surface area (Å²) >= 11 is 6.02. The fraction of sp³-hybridized carbons (Fsp3) is 0.263. The van der Waals surface area contributed by atoms with E-state index in [1.54, 1.807) is 43.5 Å². The first kappa shape index (κ1) is 19.6. The summed E-state index contributed by atoms with van der Waals surface area (Å²) in [6, 6.07) is 10.5. The lowest BCUT2D eigenvalue weighted by molar-refractivity contribution is -0.123. The second-order valence-electron chi connectivity index (χ2n) is 5.60. The maximum Gasteiger partial charge on any atom is 0.243 e. The van der Waals surface area contributed by atoms with E-state index in [2.05, 4.69) is 10.6 Å². The van der Waals surface area contributed by atoms with Gasteiger partial charge in [0.1, 0.15) is 0 Å². The highest BCUT2D eigenvalue weighted by molar-refractivity contribution is 6.31. The van der Waals surface area contributed by atoms with Crippen LogP contribution in [0.3, 0.4) is 0 Å². The van der Waals surface area contributed by atoms with Crippen LogP contribution in [-0.4, -0.2) is 32.6 Å². The fourth-order valence-corrected chi connectivity index (χ4v) is 2.53. The molecular weight excluding hydrogens is 356 g/mol. The molecule has 0 radical (unpaired) electrons. The van der Waals surface area contributed by atoms with Gasteiger partial charge in [-0.25, -0.2) is 0 Å². The van der Waals surface area contributed by atoms with Crippen LogP contribution in [0.5, 0.6) is 11.5 Å². The molecule has 7 heteroatoms. The highest BCUT2D eigenvalue weighted by atomic mass is 35.5. The average molecular weight is 377 g/mol. The Morgan fingerprint density at radius 3 is 2.46 bits per heavy atom. The molecule has 138 valence electrons. The minimum Gasteiger partial charge on any atom is -0.493 e. The van der Waals surface area contributed by atoms with Crippen LogP contribution in [-0.2, 0) is 16.0 Å². The smallest absolute Gasteiger partial charge is 0.243 e. The van der Waals surface area contributed by atoms with E-state index in [1.807, 2.05) is 6.92 Å². The Hall–Kier alpha value is -2.73. The Labute approximate surface area is 157 Å². The van der Waals surface area contributed by atoms with Crippen LogP contribution in [0.25, 0.3) is 0 Å². The molecular formula is C19H21ClN2O4. The monoisotopic (exact) mass is 376 g/mol. The topological polar surface area (TPSA) is 76.7 Å². The van der Waals surface area contributed by atoms with Gasteiger partial charge in [0.05, 0.1) is 27.2 Å². The molecule has 6 nitrogen and oxygen atoms in total. The normalized spacial score (nSPS) is 10.2. The number of anilines is 1. The minimum atomic E-state index is -0.323. The predicted octanol–water partition coefficient (Wildman–Crippen LogP) is 2.96. The van der Waals surface area contributed by atoms with Crippen molar-refractivity contribution in [2.24, 2.45) is 0 Å². The van der Waals surface area contributed by atoms with Crippen LogP contribution >= 0.6 is 11.6 Å². The Kier molecular flexibility index (Phi) is 6.86. The van der Waals surface area contributed by atoms with Gasteiger partial charge in [-0.3, -0.25) is 9.59 Å². The molecule has 0 bridgehead atoms. The Morgan fingerprint density at radius 1 is 1.04 bits per heavy atom. The number of ether oxygens (including phenoxy) is 2. The molecule has 2 N–H and O–H groups in total. The Balaban J connectivity index is 1.88. The number of benzene rings is 2. The summed E-state index contributed by atoms with van der Waals surface area (Å²) in [5.74, 6) is 0.547. The third-order valence-corrected chi connectivity index (χ3v) is 4.21. The maximum atomic E-state index is 12.1. The van der Waals surface area contributed by atoms with E-state index in [4.69, 9.17) is 21.1 Å². The molecule has 2 amide bonds. The van der Waals surface area contributed by atoms with Crippen molar-refractivity contribution in [3.63, 3.8) is 0 Å². The highest BCUT2D eigenvalue weighted by Crippen LogP contribution is 2.27. The molecule has 0 saturated heterocycles. The molecule has 0 aliphatic heterocycles. The number of hydrogen-bond acceptors (Lipinski definition) is 4. The number of methoxy groups -OCH3 is 2. The molecule has 2 aromatic carbocycles. The molecule has 0 spiro atoms. The molecule has 0 saturated carbocycles. The molecule has 2 rings (SSSR count). The zero-order valence-corrected chi connectivity index (χ0v) is 15.6. The Bertz CT molecular complexity index is 808. The van der Waals surface area contributed by atoms with Gasteiger partial charge in [0.2, 0.25) is 11.8 Å². The lowest BCUT2D eigenvalue weighted by Crippen LogP contribution is -2.33. The first-order valence-corrected chi connectivity index (χ1v) is 8.35. The molecule has 0 aliphatic carbocycles. The van der Waals surface area contributed by atoms with Crippen molar-refractivity contribution in [3.8, 4) is 11.5 Å². The van der Waals surface area contributed by atoms with Gasteiger partial charge in [0.15, 0.2) is 11.5 Å². The summed E-state index contributed by atoms with van der Waals surface area (Å²) in [5.41, 5.74) is 2.15.